The molecular weight excluding hydrogens is 234 g/mol. The molecule has 17 heavy (non-hydrogen) atoms. The molecule has 0 saturated heterocycles. The average Bonchev–Trinajstić information content (AvgIpc) is 2.38. The van der Waals surface area contributed by atoms with Crippen LogP contribution in [-0.4, -0.2) is 26.5 Å². The zero-order chi connectivity index (χ0) is 11.9. The third-order valence-electron chi connectivity index (χ3n) is 1.91. The zero-order valence-corrected chi connectivity index (χ0v) is 10.3. The molecule has 0 aliphatic rings. The molecule has 0 saturated carbocycles. The predicted molar refractivity (Wildman–Crippen MR) is 67.0 cm³/mol. The van der Waals surface area contributed by atoms with Gasteiger partial charge in [-0.15, -0.1) is 0 Å². The molecule has 0 radical (unpaired) electrons. The van der Waals surface area contributed by atoms with Crippen LogP contribution in [0.1, 0.15) is 13.3 Å². The van der Waals surface area contributed by atoms with Gasteiger partial charge in [0.05, 0.1) is 6.20 Å². The first-order valence-corrected chi connectivity index (χ1v) is 6.21. The molecule has 6 heteroatoms. The van der Waals surface area contributed by atoms with Crippen LogP contribution in [0.3, 0.4) is 0 Å². The summed E-state index contributed by atoms with van der Waals surface area (Å²) in [6.45, 7) is 2.98. The van der Waals surface area contributed by atoms with Crippen molar-refractivity contribution in [3.05, 3.63) is 30.9 Å². The summed E-state index contributed by atoms with van der Waals surface area (Å²) in [4.78, 5) is 16.7. The molecule has 1 N–H and O–H groups in total. The number of nitrogens with one attached hydrogen (secondary N) is 1. The molecule has 0 bridgehead atoms. The number of anilines is 1. The summed E-state index contributed by atoms with van der Waals surface area (Å²) < 4.78 is 0. The van der Waals surface area contributed by atoms with Crippen molar-refractivity contribution in [3.63, 3.8) is 0 Å². The van der Waals surface area contributed by atoms with Gasteiger partial charge in [-0.2, -0.15) is 0 Å². The van der Waals surface area contributed by atoms with Gasteiger partial charge >= 0.3 is 0 Å². The fraction of sp³-hybridized carbons (Fsp3) is 0.273. The van der Waals surface area contributed by atoms with E-state index >= 15 is 0 Å². The first kappa shape index (κ1) is 11.8. The second kappa shape index (κ2) is 6.15. The highest BCUT2D eigenvalue weighted by atomic mass is 32.2. The highest BCUT2D eigenvalue weighted by Gasteiger charge is 2.02. The minimum atomic E-state index is 0.653. The van der Waals surface area contributed by atoms with E-state index < -0.39 is 0 Å². The van der Waals surface area contributed by atoms with E-state index in [9.17, 15) is 0 Å². The fourth-order valence-electron chi connectivity index (χ4n) is 1.17. The Morgan fingerprint density at radius 3 is 2.88 bits per heavy atom. The fourth-order valence-corrected chi connectivity index (χ4v) is 1.87. The van der Waals surface area contributed by atoms with Crippen molar-refractivity contribution in [2.45, 2.75) is 23.4 Å². The minimum Gasteiger partial charge on any atom is -0.354 e. The third-order valence-corrected chi connectivity index (χ3v) is 2.77. The Balaban J connectivity index is 2.06. The lowest BCUT2D eigenvalue weighted by atomic mass is 10.5. The van der Waals surface area contributed by atoms with Gasteiger partial charge in [-0.25, -0.2) is 15.0 Å². The van der Waals surface area contributed by atoms with Gasteiger partial charge in [0, 0.05) is 25.1 Å². The van der Waals surface area contributed by atoms with Crippen molar-refractivity contribution in [3.8, 4) is 0 Å². The van der Waals surface area contributed by atoms with Crippen LogP contribution in [0.25, 0.3) is 0 Å². The molecule has 2 rings (SSSR count). The third kappa shape index (κ3) is 3.67. The lowest BCUT2D eigenvalue weighted by Crippen LogP contribution is -2.04. The lowest BCUT2D eigenvalue weighted by Gasteiger charge is -2.04. The molecule has 0 aliphatic carbocycles. The van der Waals surface area contributed by atoms with Crippen LogP contribution in [0.5, 0.6) is 0 Å². The van der Waals surface area contributed by atoms with E-state index in [4.69, 9.17) is 0 Å². The van der Waals surface area contributed by atoms with Gasteiger partial charge < -0.3 is 5.32 Å². The Labute approximate surface area is 104 Å². The van der Waals surface area contributed by atoms with Gasteiger partial charge in [0.1, 0.15) is 10.1 Å². The first-order valence-electron chi connectivity index (χ1n) is 5.39. The molecule has 2 heterocycles. The average molecular weight is 247 g/mol. The molecule has 0 spiro atoms. The number of hydrogen-bond donors (Lipinski definition) is 1. The zero-order valence-electron chi connectivity index (χ0n) is 9.50. The largest absolute Gasteiger partial charge is 0.354 e. The van der Waals surface area contributed by atoms with Crippen molar-refractivity contribution in [2.24, 2.45) is 0 Å². The van der Waals surface area contributed by atoms with E-state index in [2.05, 4.69) is 32.2 Å². The minimum absolute atomic E-state index is 0.653. The highest BCUT2D eigenvalue weighted by molar-refractivity contribution is 7.99. The van der Waals surface area contributed by atoms with Crippen molar-refractivity contribution in [2.75, 3.05) is 11.9 Å². The molecule has 0 fully saturated rings. The van der Waals surface area contributed by atoms with Gasteiger partial charge in [0.2, 0.25) is 5.95 Å². The van der Waals surface area contributed by atoms with E-state index in [0.29, 0.717) is 5.95 Å². The Bertz CT molecular complexity index is 462. The SMILES string of the molecule is CCCNc1nccc(Sc2cnccn2)n1. The Kier molecular flexibility index (Phi) is 4.26. The summed E-state index contributed by atoms with van der Waals surface area (Å²) in [7, 11) is 0. The molecule has 2 aromatic rings. The van der Waals surface area contributed by atoms with Crippen LogP contribution in [0, 0.1) is 0 Å². The normalized spacial score (nSPS) is 10.2. The summed E-state index contributed by atoms with van der Waals surface area (Å²) in [5.41, 5.74) is 0. The van der Waals surface area contributed by atoms with Crippen LogP contribution in [0.15, 0.2) is 40.9 Å². The van der Waals surface area contributed by atoms with Crippen LogP contribution in [0.2, 0.25) is 0 Å². The lowest BCUT2D eigenvalue weighted by molar-refractivity contribution is 0.934. The van der Waals surface area contributed by atoms with Crippen molar-refractivity contribution >= 4 is 17.7 Å². The molecule has 5 nitrogen and oxygen atoms in total. The van der Waals surface area contributed by atoms with Gasteiger partial charge in [0.25, 0.3) is 0 Å². The van der Waals surface area contributed by atoms with Crippen molar-refractivity contribution < 1.29 is 0 Å². The van der Waals surface area contributed by atoms with Gasteiger partial charge in [-0.05, 0) is 24.2 Å². The molecule has 88 valence electrons. The summed E-state index contributed by atoms with van der Waals surface area (Å²) in [6, 6.07) is 1.86. The second-order valence-electron chi connectivity index (χ2n) is 3.29. The van der Waals surface area contributed by atoms with E-state index in [0.717, 1.165) is 23.0 Å². The predicted octanol–water partition coefficient (Wildman–Crippen LogP) is 2.24. The number of nitrogens with zero attached hydrogens (tertiary/aromatic N) is 4. The maximum atomic E-state index is 4.38. The quantitative estimate of drug-likeness (QED) is 0.817. The summed E-state index contributed by atoms with van der Waals surface area (Å²) >= 11 is 1.47. The maximum Gasteiger partial charge on any atom is 0.223 e. The van der Waals surface area contributed by atoms with Gasteiger partial charge in [-0.1, -0.05) is 6.92 Å². The Morgan fingerprint density at radius 1 is 1.18 bits per heavy atom. The molecule has 0 aliphatic heterocycles. The van der Waals surface area contributed by atoms with E-state index in [1.165, 1.54) is 11.8 Å². The number of aromatic nitrogens is 4. The van der Waals surface area contributed by atoms with Crippen LogP contribution < -0.4 is 5.32 Å². The monoisotopic (exact) mass is 247 g/mol. The molecule has 2 aromatic heterocycles. The standard InChI is InChI=1S/C11H13N5S/c1-2-4-14-11-15-5-3-9(16-11)17-10-8-12-6-7-13-10/h3,5-8H,2,4H2,1H3,(H,14,15,16). The molecular formula is C11H13N5S. The molecule has 0 aromatic carbocycles. The Hall–Kier alpha value is -1.69. The van der Waals surface area contributed by atoms with Crippen LogP contribution >= 0.6 is 11.8 Å². The van der Waals surface area contributed by atoms with Crippen LogP contribution in [0.4, 0.5) is 5.95 Å². The van der Waals surface area contributed by atoms with Crippen molar-refractivity contribution in [1.82, 2.24) is 19.9 Å². The Morgan fingerprint density at radius 2 is 2.12 bits per heavy atom. The molecule has 0 atom stereocenters. The van der Waals surface area contributed by atoms with Crippen LogP contribution in [-0.2, 0) is 0 Å². The van der Waals surface area contributed by atoms with E-state index in [1.807, 2.05) is 6.07 Å². The summed E-state index contributed by atoms with van der Waals surface area (Å²) in [6.07, 6.45) is 7.82. The summed E-state index contributed by atoms with van der Waals surface area (Å²) in [5.74, 6) is 0.653. The number of rotatable bonds is 5. The summed E-state index contributed by atoms with van der Waals surface area (Å²) in [5, 5.41) is 4.84. The smallest absolute Gasteiger partial charge is 0.223 e. The highest BCUT2D eigenvalue weighted by Crippen LogP contribution is 2.23. The second-order valence-corrected chi connectivity index (χ2v) is 4.33. The molecule has 0 amide bonds. The van der Waals surface area contributed by atoms with E-state index in [-0.39, 0.29) is 0 Å². The topological polar surface area (TPSA) is 63.6 Å². The molecule has 0 unspecified atom stereocenters. The van der Waals surface area contributed by atoms with E-state index in [1.54, 1.807) is 24.8 Å². The van der Waals surface area contributed by atoms with Gasteiger partial charge in [0.15, 0.2) is 0 Å². The number of hydrogen-bond acceptors (Lipinski definition) is 6. The van der Waals surface area contributed by atoms with Crippen molar-refractivity contribution in [1.29, 1.82) is 0 Å². The maximum absolute atomic E-state index is 4.38. The van der Waals surface area contributed by atoms with Gasteiger partial charge in [-0.3, -0.25) is 4.98 Å². The first-order chi connectivity index (χ1) is 8.38.